The summed E-state index contributed by atoms with van der Waals surface area (Å²) in [5.41, 5.74) is -0.991. The zero-order chi connectivity index (χ0) is 22.8. The summed E-state index contributed by atoms with van der Waals surface area (Å²) in [5.74, 6) is 0.382. The Morgan fingerprint density at radius 2 is 1.77 bits per heavy atom. The summed E-state index contributed by atoms with van der Waals surface area (Å²) in [6.45, 7) is 4.87. The fourth-order valence-electron chi connectivity index (χ4n) is 4.31. The molecule has 3 unspecified atom stereocenters. The minimum Gasteiger partial charge on any atom is -0.352 e. The predicted molar refractivity (Wildman–Crippen MR) is 111 cm³/mol. The SMILES string of the molecule is CC1CCCCC1NC(=O)C(C)N1CCN(S(=O)(=O)c2cccc(C(F)(F)F)c2)CC1. The second kappa shape index (κ2) is 9.46. The van der Waals surface area contributed by atoms with E-state index in [0.29, 0.717) is 25.1 Å². The Morgan fingerprint density at radius 1 is 1.13 bits per heavy atom. The van der Waals surface area contributed by atoms with Gasteiger partial charge in [0.2, 0.25) is 15.9 Å². The number of rotatable bonds is 5. The molecule has 1 aliphatic carbocycles. The van der Waals surface area contributed by atoms with Crippen molar-refractivity contribution in [3.8, 4) is 0 Å². The van der Waals surface area contributed by atoms with Gasteiger partial charge in [0.25, 0.3) is 0 Å². The smallest absolute Gasteiger partial charge is 0.352 e. The van der Waals surface area contributed by atoms with Crippen LogP contribution >= 0.6 is 0 Å². The zero-order valence-corrected chi connectivity index (χ0v) is 18.7. The van der Waals surface area contributed by atoms with Crippen molar-refractivity contribution < 1.29 is 26.4 Å². The molecule has 10 heteroatoms. The molecule has 1 aromatic carbocycles. The molecule has 0 aromatic heterocycles. The first kappa shape index (κ1) is 24.0. The molecule has 1 saturated carbocycles. The molecule has 174 valence electrons. The van der Waals surface area contributed by atoms with Crippen molar-refractivity contribution in [2.75, 3.05) is 26.2 Å². The van der Waals surface area contributed by atoms with Gasteiger partial charge in [-0.15, -0.1) is 0 Å². The number of piperazine rings is 1. The number of carbonyl (C=O) groups is 1. The molecule has 1 saturated heterocycles. The van der Waals surface area contributed by atoms with Crippen molar-refractivity contribution in [1.82, 2.24) is 14.5 Å². The lowest BCUT2D eigenvalue weighted by Crippen LogP contribution is -2.56. The molecule has 1 aromatic rings. The normalized spacial score (nSPS) is 25.2. The van der Waals surface area contributed by atoms with Gasteiger partial charge in [-0.1, -0.05) is 25.8 Å². The van der Waals surface area contributed by atoms with Crippen molar-refractivity contribution in [3.63, 3.8) is 0 Å². The number of sulfonamides is 1. The van der Waals surface area contributed by atoms with Gasteiger partial charge in [0, 0.05) is 32.2 Å². The summed E-state index contributed by atoms with van der Waals surface area (Å²) >= 11 is 0. The average molecular weight is 462 g/mol. The Hall–Kier alpha value is -1.65. The number of alkyl halides is 3. The molecule has 0 bridgehead atoms. The first-order valence-electron chi connectivity index (χ1n) is 10.7. The Kier molecular flexibility index (Phi) is 7.32. The summed E-state index contributed by atoms with van der Waals surface area (Å²) < 4.78 is 65.7. The molecule has 1 aliphatic heterocycles. The summed E-state index contributed by atoms with van der Waals surface area (Å²) in [5, 5.41) is 3.13. The summed E-state index contributed by atoms with van der Waals surface area (Å²) in [7, 11) is -4.04. The number of hydrogen-bond acceptors (Lipinski definition) is 4. The molecule has 3 atom stereocenters. The van der Waals surface area contributed by atoms with Gasteiger partial charge in [-0.25, -0.2) is 8.42 Å². The van der Waals surface area contributed by atoms with Crippen molar-refractivity contribution in [1.29, 1.82) is 0 Å². The second-order valence-corrected chi connectivity index (χ2v) is 10.5. The van der Waals surface area contributed by atoms with Crippen LogP contribution in [0.25, 0.3) is 0 Å². The van der Waals surface area contributed by atoms with Crippen molar-refractivity contribution in [2.45, 2.75) is 62.7 Å². The number of nitrogens with one attached hydrogen (secondary N) is 1. The molecule has 6 nitrogen and oxygen atoms in total. The Morgan fingerprint density at radius 3 is 2.39 bits per heavy atom. The highest BCUT2D eigenvalue weighted by Gasteiger charge is 2.35. The zero-order valence-electron chi connectivity index (χ0n) is 17.9. The maximum atomic E-state index is 13.0. The summed E-state index contributed by atoms with van der Waals surface area (Å²) in [4.78, 5) is 14.2. The minimum absolute atomic E-state index is 0.0621. The predicted octanol–water partition coefficient (Wildman–Crippen LogP) is 3.10. The first-order valence-corrected chi connectivity index (χ1v) is 12.2. The highest BCUT2D eigenvalue weighted by molar-refractivity contribution is 7.89. The van der Waals surface area contributed by atoms with E-state index in [9.17, 15) is 26.4 Å². The monoisotopic (exact) mass is 461 g/mol. The summed E-state index contributed by atoms with van der Waals surface area (Å²) in [6.07, 6.45) is -0.238. The Bertz CT molecular complexity index is 883. The second-order valence-electron chi connectivity index (χ2n) is 8.52. The van der Waals surface area contributed by atoms with E-state index in [-0.39, 0.29) is 29.9 Å². The van der Waals surface area contributed by atoms with Crippen LogP contribution in [0.2, 0.25) is 0 Å². The molecular weight excluding hydrogens is 431 g/mol. The van der Waals surface area contributed by atoms with Crippen LogP contribution < -0.4 is 5.32 Å². The van der Waals surface area contributed by atoms with Gasteiger partial charge in [-0.05, 0) is 43.9 Å². The van der Waals surface area contributed by atoms with Gasteiger partial charge >= 0.3 is 6.18 Å². The van der Waals surface area contributed by atoms with Gasteiger partial charge in [0.1, 0.15) is 0 Å². The number of hydrogen-bond donors (Lipinski definition) is 1. The molecule has 1 amide bonds. The van der Waals surface area contributed by atoms with Crippen LogP contribution in [-0.2, 0) is 21.0 Å². The maximum absolute atomic E-state index is 13.0. The molecule has 1 heterocycles. The number of amides is 1. The largest absolute Gasteiger partial charge is 0.416 e. The third kappa shape index (κ3) is 5.59. The molecule has 0 spiro atoms. The van der Waals surface area contributed by atoms with Crippen LogP contribution in [0, 0.1) is 5.92 Å². The number of benzene rings is 1. The van der Waals surface area contributed by atoms with Crippen LogP contribution in [0.15, 0.2) is 29.2 Å². The lowest BCUT2D eigenvalue weighted by molar-refractivity contribution is -0.137. The fraction of sp³-hybridized carbons (Fsp3) is 0.667. The summed E-state index contributed by atoms with van der Waals surface area (Å²) in [6, 6.07) is 3.58. The van der Waals surface area contributed by atoms with Crippen LogP contribution in [-0.4, -0.2) is 61.8 Å². The van der Waals surface area contributed by atoms with E-state index in [1.807, 2.05) is 4.90 Å². The highest BCUT2D eigenvalue weighted by Crippen LogP contribution is 2.31. The molecule has 3 rings (SSSR count). The Balaban J connectivity index is 1.60. The first-order chi connectivity index (χ1) is 14.5. The molecule has 0 radical (unpaired) electrons. The van der Waals surface area contributed by atoms with Gasteiger partial charge < -0.3 is 5.32 Å². The van der Waals surface area contributed by atoms with Crippen LogP contribution in [0.3, 0.4) is 0 Å². The van der Waals surface area contributed by atoms with E-state index < -0.39 is 27.8 Å². The van der Waals surface area contributed by atoms with E-state index in [1.165, 1.54) is 16.8 Å². The number of nitrogens with zero attached hydrogens (tertiary/aromatic N) is 2. The van der Waals surface area contributed by atoms with E-state index in [0.717, 1.165) is 31.4 Å². The van der Waals surface area contributed by atoms with Gasteiger partial charge in [0.15, 0.2) is 0 Å². The van der Waals surface area contributed by atoms with Gasteiger partial charge in [0.05, 0.1) is 16.5 Å². The highest BCUT2D eigenvalue weighted by atomic mass is 32.2. The van der Waals surface area contributed by atoms with E-state index >= 15 is 0 Å². The molecule has 31 heavy (non-hydrogen) atoms. The molecule has 2 fully saturated rings. The topological polar surface area (TPSA) is 69.7 Å². The third-order valence-corrected chi connectivity index (χ3v) is 8.33. The minimum atomic E-state index is -4.61. The fourth-order valence-corrected chi connectivity index (χ4v) is 5.78. The maximum Gasteiger partial charge on any atom is 0.416 e. The lowest BCUT2D eigenvalue weighted by Gasteiger charge is -2.38. The quantitative estimate of drug-likeness (QED) is 0.732. The van der Waals surface area contributed by atoms with Crippen molar-refractivity contribution in [2.24, 2.45) is 5.92 Å². The van der Waals surface area contributed by atoms with Crippen LogP contribution in [0.5, 0.6) is 0 Å². The number of halogens is 3. The molecular formula is C21H30F3N3O3S. The molecule has 1 N–H and O–H groups in total. The van der Waals surface area contributed by atoms with Gasteiger partial charge in [-0.2, -0.15) is 17.5 Å². The van der Waals surface area contributed by atoms with Gasteiger partial charge in [-0.3, -0.25) is 9.69 Å². The Labute approximate surface area is 181 Å². The molecule has 2 aliphatic rings. The van der Waals surface area contributed by atoms with E-state index in [2.05, 4.69) is 12.2 Å². The lowest BCUT2D eigenvalue weighted by atomic mass is 9.86. The number of carbonyl (C=O) groups excluding carboxylic acids is 1. The van der Waals surface area contributed by atoms with E-state index in [4.69, 9.17) is 0 Å². The van der Waals surface area contributed by atoms with Crippen molar-refractivity contribution in [3.05, 3.63) is 29.8 Å². The van der Waals surface area contributed by atoms with Crippen LogP contribution in [0.1, 0.15) is 45.1 Å². The third-order valence-electron chi connectivity index (χ3n) is 6.44. The average Bonchev–Trinajstić information content (AvgIpc) is 2.74. The van der Waals surface area contributed by atoms with Crippen LogP contribution in [0.4, 0.5) is 13.2 Å². The van der Waals surface area contributed by atoms with E-state index in [1.54, 1.807) is 6.92 Å². The van der Waals surface area contributed by atoms with Crippen molar-refractivity contribution >= 4 is 15.9 Å². The standard InChI is InChI=1S/C21H30F3N3O3S/c1-15-6-3-4-9-19(15)25-20(28)16(2)26-10-12-27(13-11-26)31(29,30)18-8-5-7-17(14-18)21(22,23)24/h5,7-8,14-16,19H,3-4,6,9-13H2,1-2H3,(H,25,28).